The van der Waals surface area contributed by atoms with Crippen molar-refractivity contribution in [3.05, 3.63) is 18.4 Å². The number of rotatable bonds is 5. The summed E-state index contributed by atoms with van der Waals surface area (Å²) in [6.07, 6.45) is 3.01. The van der Waals surface area contributed by atoms with E-state index < -0.39 is 17.9 Å². The van der Waals surface area contributed by atoms with Gasteiger partial charge in [-0.05, 0) is 12.3 Å². The number of carboxylic acid groups (broad SMARTS) is 1. The summed E-state index contributed by atoms with van der Waals surface area (Å²) in [4.78, 5) is 27.8. The van der Waals surface area contributed by atoms with Gasteiger partial charge in [0.25, 0.3) is 5.89 Å². The minimum absolute atomic E-state index is 0.0949. The van der Waals surface area contributed by atoms with Gasteiger partial charge in [0.15, 0.2) is 0 Å². The molecule has 0 aliphatic rings. The van der Waals surface area contributed by atoms with Gasteiger partial charge < -0.3 is 14.4 Å². The first-order chi connectivity index (χ1) is 7.93. The molecule has 0 aliphatic carbocycles. The molecule has 1 aromatic rings. The smallest absolute Gasteiger partial charge is 0.326 e. The van der Waals surface area contributed by atoms with E-state index in [2.05, 4.69) is 4.98 Å². The normalized spacial score (nSPS) is 12.5. The Morgan fingerprint density at radius 3 is 2.59 bits per heavy atom. The quantitative estimate of drug-likeness (QED) is 0.837. The molecule has 6 nitrogen and oxygen atoms in total. The molecule has 94 valence electrons. The average molecular weight is 240 g/mol. The fraction of sp³-hybridized carbons (Fsp3) is 0.545. The number of nitrogens with zero attached hydrogens (tertiary/aromatic N) is 2. The number of carbonyl (C=O) groups excluding carboxylic acids is 1. The van der Waals surface area contributed by atoms with Crippen molar-refractivity contribution in [3.63, 3.8) is 0 Å². The second kappa shape index (κ2) is 5.47. The molecular weight excluding hydrogens is 224 g/mol. The first kappa shape index (κ1) is 13.2. The molecule has 17 heavy (non-hydrogen) atoms. The molecule has 1 amide bonds. The van der Waals surface area contributed by atoms with Crippen molar-refractivity contribution >= 4 is 11.9 Å². The lowest BCUT2D eigenvalue weighted by molar-refractivity contribution is -0.142. The van der Waals surface area contributed by atoms with Crippen molar-refractivity contribution in [1.82, 2.24) is 9.88 Å². The van der Waals surface area contributed by atoms with Gasteiger partial charge in [0, 0.05) is 7.05 Å². The molecular formula is C11H16N2O4. The van der Waals surface area contributed by atoms with E-state index in [4.69, 9.17) is 9.52 Å². The van der Waals surface area contributed by atoms with E-state index in [1.807, 2.05) is 13.8 Å². The monoisotopic (exact) mass is 240 g/mol. The fourth-order valence-corrected chi connectivity index (χ4v) is 1.49. The van der Waals surface area contributed by atoms with E-state index in [9.17, 15) is 9.59 Å². The zero-order valence-corrected chi connectivity index (χ0v) is 10.1. The number of carboxylic acids is 1. The van der Waals surface area contributed by atoms with Crippen LogP contribution >= 0.6 is 0 Å². The number of aromatic nitrogens is 1. The highest BCUT2D eigenvalue weighted by atomic mass is 16.4. The van der Waals surface area contributed by atoms with Gasteiger partial charge in [-0.2, -0.15) is 0 Å². The van der Waals surface area contributed by atoms with E-state index in [0.717, 1.165) is 4.90 Å². The van der Waals surface area contributed by atoms with Crippen molar-refractivity contribution in [3.8, 4) is 0 Å². The van der Waals surface area contributed by atoms with E-state index in [0.29, 0.717) is 6.42 Å². The van der Waals surface area contributed by atoms with Crippen LogP contribution in [0.1, 0.15) is 31.0 Å². The highest BCUT2D eigenvalue weighted by Gasteiger charge is 2.29. The summed E-state index contributed by atoms with van der Waals surface area (Å²) in [6.45, 7) is 3.80. The van der Waals surface area contributed by atoms with Gasteiger partial charge in [0.05, 0.1) is 6.20 Å². The van der Waals surface area contributed by atoms with Gasteiger partial charge >= 0.3 is 11.9 Å². The van der Waals surface area contributed by atoms with Gasteiger partial charge in [-0.3, -0.25) is 4.79 Å². The standard InChI is InChI=1S/C11H16N2O4/c1-7(2)6-8(11(15)16)13(3)10(14)9-12-4-5-17-9/h4-5,7-8H,6H2,1-3H3,(H,15,16). The number of aliphatic carboxylic acids is 1. The summed E-state index contributed by atoms with van der Waals surface area (Å²) < 4.78 is 4.86. The summed E-state index contributed by atoms with van der Waals surface area (Å²) >= 11 is 0. The predicted octanol–water partition coefficient (Wildman–Crippen LogP) is 1.25. The molecule has 0 aromatic carbocycles. The highest BCUT2D eigenvalue weighted by molar-refractivity contribution is 5.92. The van der Waals surface area contributed by atoms with Crippen molar-refractivity contribution in [2.75, 3.05) is 7.05 Å². The Hall–Kier alpha value is -1.85. The largest absolute Gasteiger partial charge is 0.480 e. The molecule has 0 saturated carbocycles. The molecule has 1 heterocycles. The zero-order valence-electron chi connectivity index (χ0n) is 10.1. The minimum atomic E-state index is -1.03. The molecule has 1 N–H and O–H groups in total. The Balaban J connectivity index is 2.81. The SMILES string of the molecule is CC(C)CC(C(=O)O)N(C)C(=O)c1ncco1. The third-order valence-corrected chi connectivity index (χ3v) is 2.38. The predicted molar refractivity (Wildman–Crippen MR) is 59.5 cm³/mol. The number of amides is 1. The van der Waals surface area contributed by atoms with Crippen LogP contribution in [0.4, 0.5) is 0 Å². The van der Waals surface area contributed by atoms with E-state index >= 15 is 0 Å². The van der Waals surface area contributed by atoms with Crippen molar-refractivity contribution in [1.29, 1.82) is 0 Å². The Morgan fingerprint density at radius 2 is 2.18 bits per heavy atom. The molecule has 0 fully saturated rings. The fourth-order valence-electron chi connectivity index (χ4n) is 1.49. The van der Waals surface area contributed by atoms with Crippen molar-refractivity contribution in [2.24, 2.45) is 5.92 Å². The number of oxazole rings is 1. The lowest BCUT2D eigenvalue weighted by Gasteiger charge is -2.24. The van der Waals surface area contributed by atoms with Gasteiger partial charge in [-0.15, -0.1) is 0 Å². The molecule has 1 rings (SSSR count). The summed E-state index contributed by atoms with van der Waals surface area (Å²) in [5.41, 5.74) is 0. The van der Waals surface area contributed by atoms with Crippen LogP contribution in [0.25, 0.3) is 0 Å². The van der Waals surface area contributed by atoms with Crippen LogP contribution in [0.2, 0.25) is 0 Å². The van der Waals surface area contributed by atoms with Crippen LogP contribution in [0.3, 0.4) is 0 Å². The lowest BCUT2D eigenvalue weighted by Crippen LogP contribution is -2.43. The number of likely N-dealkylation sites (N-methyl/N-ethyl adjacent to an activating group) is 1. The molecule has 0 radical (unpaired) electrons. The van der Waals surface area contributed by atoms with Crippen LogP contribution < -0.4 is 0 Å². The van der Waals surface area contributed by atoms with Gasteiger partial charge in [-0.25, -0.2) is 9.78 Å². The summed E-state index contributed by atoms with van der Waals surface area (Å²) in [7, 11) is 1.44. The van der Waals surface area contributed by atoms with Crippen LogP contribution in [0.15, 0.2) is 16.9 Å². The topological polar surface area (TPSA) is 83.6 Å². The van der Waals surface area contributed by atoms with E-state index in [-0.39, 0.29) is 11.8 Å². The Labute approximate surface area is 99.2 Å². The first-order valence-electron chi connectivity index (χ1n) is 5.33. The van der Waals surface area contributed by atoms with Gasteiger partial charge in [0.2, 0.25) is 0 Å². The molecule has 0 saturated heterocycles. The summed E-state index contributed by atoms with van der Waals surface area (Å²) in [6, 6.07) is -0.866. The molecule has 1 unspecified atom stereocenters. The maximum Gasteiger partial charge on any atom is 0.326 e. The van der Waals surface area contributed by atoms with Crippen LogP contribution in [0.5, 0.6) is 0 Å². The van der Waals surface area contributed by atoms with Crippen molar-refractivity contribution in [2.45, 2.75) is 26.3 Å². The zero-order chi connectivity index (χ0) is 13.0. The van der Waals surface area contributed by atoms with Crippen LogP contribution in [-0.2, 0) is 4.79 Å². The molecule has 0 aliphatic heterocycles. The maximum absolute atomic E-state index is 11.8. The Kier molecular flexibility index (Phi) is 4.25. The minimum Gasteiger partial charge on any atom is -0.480 e. The number of carbonyl (C=O) groups is 2. The van der Waals surface area contributed by atoms with E-state index in [1.165, 1.54) is 19.5 Å². The second-order valence-corrected chi connectivity index (χ2v) is 4.24. The lowest BCUT2D eigenvalue weighted by atomic mass is 10.0. The second-order valence-electron chi connectivity index (χ2n) is 4.24. The Morgan fingerprint density at radius 1 is 1.53 bits per heavy atom. The first-order valence-corrected chi connectivity index (χ1v) is 5.33. The highest BCUT2D eigenvalue weighted by Crippen LogP contribution is 2.13. The van der Waals surface area contributed by atoms with Gasteiger partial charge in [-0.1, -0.05) is 13.8 Å². The molecule has 6 heteroatoms. The Bertz CT molecular complexity index is 386. The van der Waals surface area contributed by atoms with Crippen LogP contribution in [0, 0.1) is 5.92 Å². The number of hydrogen-bond acceptors (Lipinski definition) is 4. The molecule has 1 atom stereocenters. The van der Waals surface area contributed by atoms with E-state index in [1.54, 1.807) is 0 Å². The number of hydrogen-bond donors (Lipinski definition) is 1. The average Bonchev–Trinajstić information content (AvgIpc) is 2.76. The molecule has 0 bridgehead atoms. The summed E-state index contributed by atoms with van der Waals surface area (Å²) in [5.74, 6) is -1.47. The molecule has 1 aromatic heterocycles. The third kappa shape index (κ3) is 3.30. The maximum atomic E-state index is 11.8. The summed E-state index contributed by atoms with van der Waals surface area (Å²) in [5, 5.41) is 9.09. The van der Waals surface area contributed by atoms with Crippen LogP contribution in [-0.4, -0.2) is 40.0 Å². The van der Waals surface area contributed by atoms with Crippen molar-refractivity contribution < 1.29 is 19.1 Å². The molecule has 0 spiro atoms. The van der Waals surface area contributed by atoms with Gasteiger partial charge in [0.1, 0.15) is 12.3 Å². The third-order valence-electron chi connectivity index (χ3n) is 2.38.